The molecule has 0 radical (unpaired) electrons. The molecule has 0 aliphatic heterocycles. The Morgan fingerprint density at radius 3 is 2.27 bits per heavy atom. The van der Waals surface area contributed by atoms with Crippen molar-refractivity contribution >= 4 is 25.7 Å². The second-order valence-corrected chi connectivity index (χ2v) is 12.0. The van der Waals surface area contributed by atoms with Gasteiger partial charge in [0, 0.05) is 12.1 Å². The summed E-state index contributed by atoms with van der Waals surface area (Å²) in [6.45, 7) is 9.91. The Labute approximate surface area is 153 Å². The first-order valence-electron chi connectivity index (χ1n) is 7.97. The van der Waals surface area contributed by atoms with Gasteiger partial charge in [-0.25, -0.2) is 4.79 Å². The Morgan fingerprint density at radius 2 is 1.88 bits per heavy atom. The summed E-state index contributed by atoms with van der Waals surface area (Å²) in [5.74, 6) is -1.41. The van der Waals surface area contributed by atoms with Crippen molar-refractivity contribution in [3.8, 4) is 0 Å². The summed E-state index contributed by atoms with van der Waals surface area (Å²) in [5.41, 5.74) is 9.22. The molecular formula is C17H23N3O5Si. The molecule has 0 bridgehead atoms. The first-order valence-corrected chi connectivity index (χ1v) is 10.9. The minimum atomic E-state index is -2.37. The lowest BCUT2D eigenvalue weighted by Gasteiger charge is -2.36. The maximum Gasteiger partial charge on any atom is 0.438 e. The van der Waals surface area contributed by atoms with Gasteiger partial charge in [0.15, 0.2) is 5.76 Å². The molecule has 0 aromatic heterocycles. The predicted molar refractivity (Wildman–Crippen MR) is 99.4 cm³/mol. The van der Waals surface area contributed by atoms with Crippen molar-refractivity contribution in [2.45, 2.75) is 45.3 Å². The molecule has 0 saturated heterocycles. The van der Waals surface area contributed by atoms with Gasteiger partial charge in [-0.1, -0.05) is 32.9 Å². The SMILES string of the molecule is CC(C)(C)[Si](C)(C)OC(=CCc1ccc([N+](=O)[O-])cc1)C(=[N+]=[N-])C(=O)O. The first kappa shape index (κ1) is 21.3. The predicted octanol–water partition coefficient (Wildman–Crippen LogP) is 3.80. The standard InChI is InChI=1S/C17H23N3O5Si/c1-17(2,3)26(4,5)25-14(15(19-18)16(21)22)11-8-12-6-9-13(10-7-12)20(23)24/h6-7,9-11H,8H2,1-5H3,(H,21,22). The number of nitrogens with zero attached hydrogens (tertiary/aromatic N) is 3. The number of nitro benzene ring substituents is 1. The third kappa shape index (κ3) is 5.37. The monoisotopic (exact) mass is 377 g/mol. The van der Waals surface area contributed by atoms with E-state index in [0.29, 0.717) is 0 Å². The Morgan fingerprint density at radius 1 is 1.35 bits per heavy atom. The lowest BCUT2D eigenvalue weighted by atomic mass is 10.1. The highest BCUT2D eigenvalue weighted by Gasteiger charge is 2.42. The van der Waals surface area contributed by atoms with Crippen LogP contribution in [0, 0.1) is 10.1 Å². The van der Waals surface area contributed by atoms with E-state index in [1.54, 1.807) is 12.1 Å². The zero-order valence-electron chi connectivity index (χ0n) is 15.5. The van der Waals surface area contributed by atoms with Crippen molar-refractivity contribution in [3.63, 3.8) is 0 Å². The van der Waals surface area contributed by atoms with Gasteiger partial charge in [0.1, 0.15) is 0 Å². The summed E-state index contributed by atoms with van der Waals surface area (Å²) in [7, 11) is -2.37. The highest BCUT2D eigenvalue weighted by molar-refractivity contribution is 6.74. The summed E-state index contributed by atoms with van der Waals surface area (Å²) < 4.78 is 6.02. The molecule has 0 saturated carbocycles. The Balaban J connectivity index is 3.19. The molecular weight excluding hydrogens is 354 g/mol. The fraction of sp³-hybridized carbons (Fsp3) is 0.412. The van der Waals surface area contributed by atoms with Crippen LogP contribution in [-0.2, 0) is 15.6 Å². The van der Waals surface area contributed by atoms with Crippen LogP contribution in [-0.4, -0.2) is 34.8 Å². The molecule has 9 heteroatoms. The molecule has 0 heterocycles. The lowest BCUT2D eigenvalue weighted by molar-refractivity contribution is -0.384. The molecule has 0 atom stereocenters. The Bertz CT molecular complexity index is 773. The highest BCUT2D eigenvalue weighted by atomic mass is 28.4. The normalized spacial score (nSPS) is 12.3. The third-order valence-corrected chi connectivity index (χ3v) is 8.72. The van der Waals surface area contributed by atoms with Crippen LogP contribution >= 0.6 is 0 Å². The summed E-state index contributed by atoms with van der Waals surface area (Å²) in [6.07, 6.45) is 1.79. The average molecular weight is 377 g/mol. The van der Waals surface area contributed by atoms with Crippen LogP contribution in [0.5, 0.6) is 0 Å². The molecule has 8 nitrogen and oxygen atoms in total. The largest absolute Gasteiger partial charge is 0.538 e. The molecule has 1 rings (SSSR count). The van der Waals surface area contributed by atoms with Gasteiger partial charge in [-0.3, -0.25) is 10.1 Å². The smallest absolute Gasteiger partial charge is 0.438 e. The van der Waals surface area contributed by atoms with Crippen molar-refractivity contribution in [2.75, 3.05) is 0 Å². The number of nitro groups is 1. The number of carbonyl (C=O) groups is 1. The highest BCUT2D eigenvalue weighted by Crippen LogP contribution is 2.38. The minimum Gasteiger partial charge on any atom is -0.538 e. The van der Waals surface area contributed by atoms with E-state index in [4.69, 9.17) is 9.96 Å². The van der Waals surface area contributed by atoms with E-state index in [1.807, 2.05) is 33.9 Å². The summed E-state index contributed by atoms with van der Waals surface area (Å²) in [4.78, 5) is 24.4. The number of carboxylic acid groups (broad SMARTS) is 1. The topological polar surface area (TPSA) is 126 Å². The van der Waals surface area contributed by atoms with Gasteiger partial charge in [-0.05, 0) is 36.2 Å². The minimum absolute atomic E-state index is 0.00931. The molecule has 1 aromatic carbocycles. The molecule has 0 fully saturated rings. The molecule has 0 aliphatic rings. The van der Waals surface area contributed by atoms with Crippen LogP contribution in [0.25, 0.3) is 5.53 Å². The van der Waals surface area contributed by atoms with Gasteiger partial charge in [0.05, 0.1) is 4.92 Å². The van der Waals surface area contributed by atoms with Crippen LogP contribution < -0.4 is 0 Å². The zero-order chi connectivity index (χ0) is 20.1. The van der Waals surface area contributed by atoms with Crippen LogP contribution in [0.3, 0.4) is 0 Å². The van der Waals surface area contributed by atoms with Gasteiger partial charge >= 0.3 is 11.7 Å². The maximum atomic E-state index is 11.4. The van der Waals surface area contributed by atoms with Crippen LogP contribution in [0.15, 0.2) is 36.1 Å². The Hall–Kier alpha value is -2.77. The third-order valence-electron chi connectivity index (χ3n) is 4.38. The van der Waals surface area contributed by atoms with Crippen molar-refractivity contribution in [3.05, 3.63) is 57.3 Å². The van der Waals surface area contributed by atoms with Crippen molar-refractivity contribution in [1.82, 2.24) is 0 Å². The fourth-order valence-corrected chi connectivity index (χ4v) is 2.81. The summed E-state index contributed by atoms with van der Waals surface area (Å²) >= 11 is 0. The number of allylic oxidation sites excluding steroid dienone is 1. The van der Waals surface area contributed by atoms with Crippen LogP contribution in [0.1, 0.15) is 26.3 Å². The quantitative estimate of drug-likeness (QED) is 0.147. The van der Waals surface area contributed by atoms with Crippen molar-refractivity contribution in [1.29, 1.82) is 0 Å². The van der Waals surface area contributed by atoms with Gasteiger partial charge < -0.3 is 15.1 Å². The summed E-state index contributed by atoms with van der Waals surface area (Å²) in [5, 5.41) is 19.8. The number of aliphatic carboxylic acids is 1. The molecule has 1 aromatic rings. The number of carboxylic acids is 1. The van der Waals surface area contributed by atoms with E-state index in [1.165, 1.54) is 18.2 Å². The van der Waals surface area contributed by atoms with Gasteiger partial charge in [-0.15, -0.1) is 0 Å². The van der Waals surface area contributed by atoms with Gasteiger partial charge in [0.2, 0.25) is 0 Å². The van der Waals surface area contributed by atoms with Crippen molar-refractivity contribution in [2.24, 2.45) is 0 Å². The van der Waals surface area contributed by atoms with Gasteiger partial charge in [0.25, 0.3) is 14.0 Å². The van der Waals surface area contributed by atoms with E-state index in [-0.39, 0.29) is 22.9 Å². The van der Waals surface area contributed by atoms with E-state index in [9.17, 15) is 20.0 Å². The van der Waals surface area contributed by atoms with E-state index >= 15 is 0 Å². The zero-order valence-corrected chi connectivity index (χ0v) is 16.5. The molecule has 0 aliphatic carbocycles. The number of benzene rings is 1. The molecule has 140 valence electrons. The van der Waals surface area contributed by atoms with E-state index < -0.39 is 24.9 Å². The van der Waals surface area contributed by atoms with Crippen molar-refractivity contribution < 1.29 is 24.0 Å². The number of hydrogen-bond donors (Lipinski definition) is 1. The fourth-order valence-electron chi connectivity index (χ4n) is 1.78. The maximum absolute atomic E-state index is 11.4. The molecule has 0 amide bonds. The molecule has 0 spiro atoms. The Kier molecular flexibility index (Phi) is 6.60. The number of rotatable bonds is 7. The van der Waals surface area contributed by atoms with Crippen LogP contribution in [0.4, 0.5) is 5.69 Å². The van der Waals surface area contributed by atoms with Gasteiger partial charge in [-0.2, -0.15) is 4.79 Å². The molecule has 0 unspecified atom stereocenters. The van der Waals surface area contributed by atoms with E-state index in [2.05, 4.69) is 4.79 Å². The number of hydrogen-bond acceptors (Lipinski definition) is 4. The molecule has 26 heavy (non-hydrogen) atoms. The molecule has 1 N–H and O–H groups in total. The second-order valence-electron chi connectivity index (χ2n) is 7.31. The lowest BCUT2D eigenvalue weighted by Crippen LogP contribution is -2.42. The van der Waals surface area contributed by atoms with E-state index in [0.717, 1.165) is 5.56 Å². The number of non-ortho nitro benzene ring substituents is 1. The first-order chi connectivity index (χ1) is 11.9. The summed E-state index contributed by atoms with van der Waals surface area (Å²) in [6, 6.07) is 5.90. The second kappa shape index (κ2) is 8.07. The average Bonchev–Trinajstić information content (AvgIpc) is 2.51. The van der Waals surface area contributed by atoms with Crippen LogP contribution in [0.2, 0.25) is 18.1 Å².